The van der Waals surface area contributed by atoms with Crippen LogP contribution in [0.3, 0.4) is 0 Å². The molecule has 0 spiro atoms. The third-order valence-electron chi connectivity index (χ3n) is 5.59. The minimum Gasteiger partial charge on any atom is -0.465 e. The van der Waals surface area contributed by atoms with Crippen LogP contribution in [-0.2, 0) is 28.5 Å². The number of hydrogen-bond donors (Lipinski definition) is 0. The minimum absolute atomic E-state index is 0.266. The minimum atomic E-state index is -1.09. The van der Waals surface area contributed by atoms with E-state index in [2.05, 4.69) is 0 Å². The smallest absolute Gasteiger partial charge is 0.337 e. The van der Waals surface area contributed by atoms with Gasteiger partial charge >= 0.3 is 5.97 Å². The summed E-state index contributed by atoms with van der Waals surface area (Å²) in [6.07, 6.45) is 2.38. The third kappa shape index (κ3) is 2.11. The number of anilines is 1. The first-order chi connectivity index (χ1) is 13.1. The number of imide groups is 1. The molecule has 4 atom stereocenters. The highest BCUT2D eigenvalue weighted by molar-refractivity contribution is 6.23. The van der Waals surface area contributed by atoms with Crippen molar-refractivity contribution in [2.45, 2.75) is 18.0 Å². The Kier molecular flexibility index (Phi) is 3.52. The largest absolute Gasteiger partial charge is 0.465 e. The van der Waals surface area contributed by atoms with Crippen LogP contribution >= 0.6 is 0 Å². The summed E-state index contributed by atoms with van der Waals surface area (Å²) in [5.74, 6) is -2.60. The third-order valence-corrected chi connectivity index (χ3v) is 5.59. The second-order valence-electron chi connectivity index (χ2n) is 6.93. The number of ether oxygens (including phenoxy) is 4. The van der Waals surface area contributed by atoms with Crippen molar-refractivity contribution < 1.29 is 33.3 Å². The van der Waals surface area contributed by atoms with Crippen LogP contribution in [0.1, 0.15) is 10.4 Å². The molecule has 140 valence electrons. The first-order valence-electron chi connectivity index (χ1n) is 8.73. The zero-order valence-electron chi connectivity index (χ0n) is 14.5. The summed E-state index contributed by atoms with van der Waals surface area (Å²) in [5.41, 5.74) is -0.486. The Bertz CT molecular complexity index is 875. The molecule has 5 rings (SSSR count). The first-order valence-corrected chi connectivity index (χ1v) is 8.73. The van der Waals surface area contributed by atoms with Crippen LogP contribution < -0.4 is 4.90 Å². The number of methoxy groups -OCH3 is 1. The summed E-state index contributed by atoms with van der Waals surface area (Å²) >= 11 is 0. The van der Waals surface area contributed by atoms with Crippen molar-refractivity contribution in [3.8, 4) is 0 Å². The van der Waals surface area contributed by atoms with Gasteiger partial charge in [0.05, 0.1) is 49.5 Å². The molecule has 3 saturated heterocycles. The van der Waals surface area contributed by atoms with Crippen LogP contribution in [0.15, 0.2) is 36.4 Å². The molecule has 4 heterocycles. The molecule has 4 aliphatic rings. The number of amides is 2. The van der Waals surface area contributed by atoms with Crippen molar-refractivity contribution >= 4 is 23.5 Å². The summed E-state index contributed by atoms with van der Waals surface area (Å²) in [4.78, 5) is 39.3. The van der Waals surface area contributed by atoms with Gasteiger partial charge in [-0.15, -0.1) is 0 Å². The second kappa shape index (κ2) is 5.72. The SMILES string of the molecule is COC(=O)c1cccc(N2C(=O)[C@@H]3[C@H]4C=C[C@@](C5OCCO5)(O4)[C@H]3C2=O)c1. The van der Waals surface area contributed by atoms with E-state index in [1.54, 1.807) is 30.4 Å². The molecule has 2 amide bonds. The Morgan fingerprint density at radius 1 is 1.22 bits per heavy atom. The number of nitrogens with zero attached hydrogens (tertiary/aromatic N) is 1. The van der Waals surface area contributed by atoms with E-state index in [1.165, 1.54) is 13.2 Å². The summed E-state index contributed by atoms with van der Waals surface area (Å²) < 4.78 is 22.0. The Hall–Kier alpha value is -2.55. The molecule has 1 aromatic rings. The van der Waals surface area contributed by atoms with Crippen molar-refractivity contribution in [3.63, 3.8) is 0 Å². The molecule has 8 nitrogen and oxygen atoms in total. The lowest BCUT2D eigenvalue weighted by Gasteiger charge is -2.32. The number of esters is 1. The van der Waals surface area contributed by atoms with Gasteiger partial charge in [-0.1, -0.05) is 12.1 Å². The maximum atomic E-state index is 13.3. The van der Waals surface area contributed by atoms with Gasteiger partial charge < -0.3 is 18.9 Å². The lowest BCUT2D eigenvalue weighted by atomic mass is 9.76. The van der Waals surface area contributed by atoms with Gasteiger partial charge in [0, 0.05) is 0 Å². The molecule has 0 N–H and O–H groups in total. The molecule has 0 aliphatic carbocycles. The van der Waals surface area contributed by atoms with Crippen LogP contribution in [0.25, 0.3) is 0 Å². The quantitative estimate of drug-likeness (QED) is 0.438. The van der Waals surface area contributed by atoms with Gasteiger partial charge in [-0.3, -0.25) is 9.59 Å². The van der Waals surface area contributed by atoms with Crippen molar-refractivity contribution in [2.24, 2.45) is 11.8 Å². The molecule has 3 fully saturated rings. The monoisotopic (exact) mass is 371 g/mol. The highest BCUT2D eigenvalue weighted by atomic mass is 16.7. The van der Waals surface area contributed by atoms with E-state index in [-0.39, 0.29) is 17.4 Å². The fourth-order valence-electron chi connectivity index (χ4n) is 4.47. The van der Waals surface area contributed by atoms with E-state index in [4.69, 9.17) is 18.9 Å². The van der Waals surface area contributed by atoms with E-state index in [0.29, 0.717) is 18.9 Å². The van der Waals surface area contributed by atoms with Crippen molar-refractivity contribution in [3.05, 3.63) is 42.0 Å². The zero-order valence-corrected chi connectivity index (χ0v) is 14.5. The summed E-state index contributed by atoms with van der Waals surface area (Å²) in [5, 5.41) is 0. The van der Waals surface area contributed by atoms with Gasteiger partial charge in [-0.2, -0.15) is 0 Å². The van der Waals surface area contributed by atoms with E-state index in [0.717, 1.165) is 4.90 Å². The Morgan fingerprint density at radius 3 is 2.74 bits per heavy atom. The van der Waals surface area contributed by atoms with Crippen LogP contribution in [0, 0.1) is 11.8 Å². The number of carbonyl (C=O) groups is 3. The van der Waals surface area contributed by atoms with E-state index < -0.39 is 35.8 Å². The predicted octanol–water partition coefficient (Wildman–Crippen LogP) is 0.659. The number of carbonyl (C=O) groups excluding carboxylic acids is 3. The molecular weight excluding hydrogens is 354 g/mol. The highest BCUT2D eigenvalue weighted by Crippen LogP contribution is 2.55. The molecule has 0 saturated carbocycles. The number of rotatable bonds is 3. The molecule has 1 aromatic carbocycles. The van der Waals surface area contributed by atoms with Gasteiger partial charge in [0.1, 0.15) is 0 Å². The van der Waals surface area contributed by atoms with Crippen LogP contribution in [0.2, 0.25) is 0 Å². The van der Waals surface area contributed by atoms with E-state index in [1.807, 2.05) is 0 Å². The van der Waals surface area contributed by atoms with E-state index in [9.17, 15) is 14.4 Å². The van der Waals surface area contributed by atoms with Gasteiger partial charge in [-0.05, 0) is 24.3 Å². The second-order valence-corrected chi connectivity index (χ2v) is 6.93. The summed E-state index contributed by atoms with van der Waals surface area (Å²) in [7, 11) is 1.28. The van der Waals surface area contributed by atoms with Crippen LogP contribution in [0.5, 0.6) is 0 Å². The normalized spacial score (nSPS) is 34.6. The molecule has 0 aromatic heterocycles. The van der Waals surface area contributed by atoms with Gasteiger partial charge in [-0.25, -0.2) is 9.69 Å². The average Bonchev–Trinajstić information content (AvgIpc) is 3.45. The van der Waals surface area contributed by atoms with Crippen molar-refractivity contribution in [1.29, 1.82) is 0 Å². The lowest BCUT2D eigenvalue weighted by Crippen LogP contribution is -2.49. The zero-order chi connectivity index (χ0) is 18.8. The molecule has 27 heavy (non-hydrogen) atoms. The van der Waals surface area contributed by atoms with Crippen LogP contribution in [-0.4, -0.2) is 56.1 Å². The molecule has 4 aliphatic heterocycles. The predicted molar refractivity (Wildman–Crippen MR) is 89.7 cm³/mol. The van der Waals surface area contributed by atoms with Gasteiger partial charge in [0.15, 0.2) is 11.9 Å². The number of benzene rings is 1. The molecular formula is C19H17NO7. The fraction of sp³-hybridized carbons (Fsp3) is 0.421. The van der Waals surface area contributed by atoms with Gasteiger partial charge in [0.25, 0.3) is 0 Å². The molecule has 0 unspecified atom stereocenters. The Balaban J connectivity index is 1.53. The maximum absolute atomic E-state index is 13.3. The standard InChI is InChI=1S/C19H17NO7/c1-24-17(23)10-3-2-4-11(9-10)20-15(21)13-12-5-6-19(27-12,14(13)16(20)22)18-25-7-8-26-18/h2-6,9,12-14,18H,7-8H2,1H3/t12-,13-,14-,19-/m1/s1. The maximum Gasteiger partial charge on any atom is 0.337 e. The fourth-order valence-corrected chi connectivity index (χ4v) is 4.47. The Labute approximate surface area is 154 Å². The topological polar surface area (TPSA) is 91.4 Å². The molecule has 8 heteroatoms. The molecule has 0 radical (unpaired) electrons. The number of hydrogen-bond acceptors (Lipinski definition) is 7. The number of fused-ring (bicyclic) bond motifs is 5. The summed E-state index contributed by atoms with van der Waals surface area (Å²) in [6, 6.07) is 6.28. The van der Waals surface area contributed by atoms with Gasteiger partial charge in [0.2, 0.25) is 11.8 Å². The van der Waals surface area contributed by atoms with Crippen molar-refractivity contribution in [2.75, 3.05) is 25.2 Å². The Morgan fingerprint density at radius 2 is 2.00 bits per heavy atom. The molecule has 2 bridgehead atoms. The highest BCUT2D eigenvalue weighted by Gasteiger charge is 2.71. The van der Waals surface area contributed by atoms with Crippen molar-refractivity contribution in [1.82, 2.24) is 0 Å². The van der Waals surface area contributed by atoms with Crippen LogP contribution in [0.4, 0.5) is 5.69 Å². The average molecular weight is 371 g/mol. The lowest BCUT2D eigenvalue weighted by molar-refractivity contribution is -0.180. The first kappa shape index (κ1) is 16.6. The summed E-state index contributed by atoms with van der Waals surface area (Å²) in [6.45, 7) is 0.831. The van der Waals surface area contributed by atoms with E-state index >= 15 is 0 Å².